The lowest BCUT2D eigenvalue weighted by Gasteiger charge is -2.22. The van der Waals surface area contributed by atoms with Gasteiger partial charge in [-0.1, -0.05) is 12.1 Å². The van der Waals surface area contributed by atoms with E-state index in [1.54, 1.807) is 12.1 Å². The Bertz CT molecular complexity index is 974. The van der Waals surface area contributed by atoms with Crippen LogP contribution in [0.15, 0.2) is 42.5 Å². The molecule has 0 atom stereocenters. The van der Waals surface area contributed by atoms with Gasteiger partial charge < -0.3 is 10.1 Å². The maximum absolute atomic E-state index is 12.4. The van der Waals surface area contributed by atoms with Gasteiger partial charge in [0.1, 0.15) is 12.3 Å². The molecule has 0 saturated carbocycles. The Balaban J connectivity index is 2.28. The van der Waals surface area contributed by atoms with Crippen molar-refractivity contribution in [1.82, 2.24) is 0 Å². The molecule has 0 aliphatic rings. The molecule has 0 bridgehead atoms. The summed E-state index contributed by atoms with van der Waals surface area (Å²) in [5.41, 5.74) is 0.653. The third-order valence-corrected chi connectivity index (χ3v) is 4.95. The van der Waals surface area contributed by atoms with Crippen LogP contribution in [0.2, 0.25) is 0 Å². The molecule has 144 valence electrons. The van der Waals surface area contributed by atoms with Crippen LogP contribution >= 0.6 is 0 Å². The van der Waals surface area contributed by atoms with E-state index in [9.17, 15) is 23.3 Å². The number of methoxy groups -OCH3 is 1. The molecular weight excluding hydrogens is 374 g/mol. The number of carbonyl (C=O) groups excluding carboxylic acids is 1. The number of benzene rings is 2. The van der Waals surface area contributed by atoms with E-state index < -0.39 is 27.4 Å². The van der Waals surface area contributed by atoms with Gasteiger partial charge in [0, 0.05) is 12.1 Å². The van der Waals surface area contributed by atoms with Crippen molar-refractivity contribution in [2.45, 2.75) is 6.92 Å². The highest BCUT2D eigenvalue weighted by molar-refractivity contribution is 7.92. The van der Waals surface area contributed by atoms with Gasteiger partial charge >= 0.3 is 0 Å². The molecule has 27 heavy (non-hydrogen) atoms. The summed E-state index contributed by atoms with van der Waals surface area (Å²) in [6.07, 6.45) is 0.984. The fourth-order valence-electron chi connectivity index (χ4n) is 2.44. The SMILES string of the molecule is COc1cccc(N(CC(=O)Nc2cccc([N+](=O)[O-])c2C)S(C)(=O)=O)c1. The quantitative estimate of drug-likeness (QED) is 0.569. The van der Waals surface area contributed by atoms with Crippen LogP contribution in [-0.4, -0.2) is 39.2 Å². The minimum Gasteiger partial charge on any atom is -0.497 e. The molecule has 0 fully saturated rings. The molecule has 0 aromatic heterocycles. The van der Waals surface area contributed by atoms with Crippen LogP contribution in [-0.2, 0) is 14.8 Å². The largest absolute Gasteiger partial charge is 0.497 e. The van der Waals surface area contributed by atoms with Crippen molar-refractivity contribution in [1.29, 1.82) is 0 Å². The molecule has 2 rings (SSSR count). The highest BCUT2D eigenvalue weighted by Gasteiger charge is 2.22. The molecule has 0 radical (unpaired) electrons. The summed E-state index contributed by atoms with van der Waals surface area (Å²) in [4.78, 5) is 22.9. The van der Waals surface area contributed by atoms with Crippen LogP contribution in [0.1, 0.15) is 5.56 Å². The van der Waals surface area contributed by atoms with Crippen molar-refractivity contribution < 1.29 is 22.9 Å². The number of amides is 1. The molecule has 1 N–H and O–H groups in total. The summed E-state index contributed by atoms with van der Waals surface area (Å²) < 4.78 is 30.3. The second kappa shape index (κ2) is 8.04. The van der Waals surface area contributed by atoms with E-state index >= 15 is 0 Å². The molecule has 2 aromatic carbocycles. The van der Waals surface area contributed by atoms with E-state index in [-0.39, 0.29) is 22.6 Å². The Hall–Kier alpha value is -3.14. The van der Waals surface area contributed by atoms with Gasteiger partial charge in [0.05, 0.1) is 35.2 Å². The van der Waals surface area contributed by atoms with Crippen molar-refractivity contribution in [3.8, 4) is 5.75 Å². The number of rotatable bonds is 7. The van der Waals surface area contributed by atoms with Gasteiger partial charge in [-0.3, -0.25) is 19.2 Å². The first-order chi connectivity index (χ1) is 12.6. The summed E-state index contributed by atoms with van der Waals surface area (Å²) in [5.74, 6) is -0.192. The lowest BCUT2D eigenvalue weighted by atomic mass is 10.1. The third-order valence-electron chi connectivity index (χ3n) is 3.80. The number of carbonyl (C=O) groups is 1. The third kappa shape index (κ3) is 4.94. The van der Waals surface area contributed by atoms with E-state index in [4.69, 9.17) is 4.74 Å². The Morgan fingerprint density at radius 2 is 1.93 bits per heavy atom. The highest BCUT2D eigenvalue weighted by Crippen LogP contribution is 2.26. The van der Waals surface area contributed by atoms with Gasteiger partial charge in [-0.05, 0) is 25.1 Å². The van der Waals surface area contributed by atoms with Crippen LogP contribution in [0.4, 0.5) is 17.1 Å². The molecule has 10 heteroatoms. The molecule has 0 unspecified atom stereocenters. The topological polar surface area (TPSA) is 119 Å². The van der Waals surface area contributed by atoms with Gasteiger partial charge in [-0.15, -0.1) is 0 Å². The summed E-state index contributed by atoms with van der Waals surface area (Å²) in [6, 6.07) is 10.6. The zero-order valence-electron chi connectivity index (χ0n) is 15.0. The Morgan fingerprint density at radius 3 is 2.52 bits per heavy atom. The van der Waals surface area contributed by atoms with E-state index in [2.05, 4.69) is 5.32 Å². The fraction of sp³-hybridized carbons (Fsp3) is 0.235. The number of anilines is 2. The standard InChI is InChI=1S/C17H19N3O6S/c1-12-15(8-5-9-16(12)20(22)23)18-17(21)11-19(27(3,24)25)13-6-4-7-14(10-13)26-2/h4-10H,11H2,1-3H3,(H,18,21). The number of sulfonamides is 1. The van der Waals surface area contributed by atoms with Crippen molar-refractivity contribution in [2.75, 3.05) is 29.5 Å². The maximum Gasteiger partial charge on any atom is 0.274 e. The van der Waals surface area contributed by atoms with Crippen LogP contribution < -0.4 is 14.4 Å². The molecule has 2 aromatic rings. The molecule has 1 amide bonds. The number of nitro groups is 1. The highest BCUT2D eigenvalue weighted by atomic mass is 32.2. The molecule has 0 heterocycles. The summed E-state index contributed by atoms with van der Waals surface area (Å²) >= 11 is 0. The van der Waals surface area contributed by atoms with Crippen molar-refractivity contribution >= 4 is 33.0 Å². The van der Waals surface area contributed by atoms with Crippen LogP contribution in [0.5, 0.6) is 5.75 Å². The van der Waals surface area contributed by atoms with E-state index in [0.29, 0.717) is 5.75 Å². The van der Waals surface area contributed by atoms with Crippen LogP contribution in [0, 0.1) is 17.0 Å². The lowest BCUT2D eigenvalue weighted by molar-refractivity contribution is -0.385. The Kier molecular flexibility index (Phi) is 6.01. The Labute approximate surface area is 156 Å². The van der Waals surface area contributed by atoms with Gasteiger partial charge in [0.15, 0.2) is 0 Å². The van der Waals surface area contributed by atoms with Crippen LogP contribution in [0.25, 0.3) is 0 Å². The maximum atomic E-state index is 12.4. The predicted molar refractivity (Wildman–Crippen MR) is 102 cm³/mol. The van der Waals surface area contributed by atoms with Crippen LogP contribution in [0.3, 0.4) is 0 Å². The Morgan fingerprint density at radius 1 is 1.26 bits per heavy atom. The molecular formula is C17H19N3O6S. The number of nitro benzene ring substituents is 1. The summed E-state index contributed by atoms with van der Waals surface area (Å²) in [7, 11) is -2.31. The van der Waals surface area contributed by atoms with E-state index in [0.717, 1.165) is 10.6 Å². The predicted octanol–water partition coefficient (Wildman–Crippen LogP) is 2.32. The second-order valence-electron chi connectivity index (χ2n) is 5.73. The normalized spacial score (nSPS) is 10.9. The smallest absolute Gasteiger partial charge is 0.274 e. The molecule has 0 saturated heterocycles. The minimum absolute atomic E-state index is 0.138. The van der Waals surface area contributed by atoms with Gasteiger partial charge in [-0.2, -0.15) is 0 Å². The zero-order valence-corrected chi connectivity index (χ0v) is 15.8. The number of nitrogens with one attached hydrogen (secondary N) is 1. The molecule has 9 nitrogen and oxygen atoms in total. The first kappa shape index (κ1) is 20.2. The van der Waals surface area contributed by atoms with E-state index in [1.165, 1.54) is 44.4 Å². The summed E-state index contributed by atoms with van der Waals surface area (Å²) in [6.45, 7) is 1.01. The van der Waals surface area contributed by atoms with Crippen molar-refractivity contribution in [3.05, 3.63) is 58.1 Å². The average molecular weight is 393 g/mol. The number of nitrogens with zero attached hydrogens (tertiary/aromatic N) is 2. The van der Waals surface area contributed by atoms with E-state index in [1.807, 2.05) is 0 Å². The monoisotopic (exact) mass is 393 g/mol. The fourth-order valence-corrected chi connectivity index (χ4v) is 3.29. The summed E-state index contributed by atoms with van der Waals surface area (Å²) in [5, 5.41) is 13.5. The number of ether oxygens (including phenoxy) is 1. The minimum atomic E-state index is -3.75. The van der Waals surface area contributed by atoms with Gasteiger partial charge in [0.25, 0.3) is 5.69 Å². The molecule has 0 spiro atoms. The zero-order chi connectivity index (χ0) is 20.2. The van der Waals surface area contributed by atoms with Gasteiger partial charge in [-0.25, -0.2) is 8.42 Å². The van der Waals surface area contributed by atoms with Gasteiger partial charge in [0.2, 0.25) is 15.9 Å². The van der Waals surface area contributed by atoms with Crippen molar-refractivity contribution in [3.63, 3.8) is 0 Å². The first-order valence-corrected chi connectivity index (χ1v) is 9.64. The average Bonchev–Trinajstić information content (AvgIpc) is 2.60. The first-order valence-electron chi connectivity index (χ1n) is 7.79. The molecule has 0 aliphatic heterocycles. The molecule has 0 aliphatic carbocycles. The second-order valence-corrected chi connectivity index (χ2v) is 7.63. The lowest BCUT2D eigenvalue weighted by Crippen LogP contribution is -2.37. The number of hydrogen-bond donors (Lipinski definition) is 1. The van der Waals surface area contributed by atoms with Crippen molar-refractivity contribution in [2.24, 2.45) is 0 Å². The number of hydrogen-bond acceptors (Lipinski definition) is 6.